The number of carbonyl (C=O) groups excluding carboxylic acids is 2. The second kappa shape index (κ2) is 7.13. The number of benzene rings is 1. The van der Waals surface area contributed by atoms with E-state index in [1.807, 2.05) is 29.2 Å². The zero-order valence-corrected chi connectivity index (χ0v) is 13.7. The first-order valence-corrected chi connectivity index (χ1v) is 8.54. The van der Waals surface area contributed by atoms with Crippen LogP contribution in [0.2, 0.25) is 0 Å². The third-order valence-corrected chi connectivity index (χ3v) is 4.78. The van der Waals surface area contributed by atoms with Crippen LogP contribution >= 0.6 is 0 Å². The molecular formula is C18H25N3O2. The van der Waals surface area contributed by atoms with Gasteiger partial charge in [0.15, 0.2) is 0 Å². The Morgan fingerprint density at radius 1 is 1.35 bits per heavy atom. The Bertz CT molecular complexity index is 570. The van der Waals surface area contributed by atoms with Gasteiger partial charge < -0.3 is 15.5 Å². The van der Waals surface area contributed by atoms with Crippen LogP contribution in [-0.4, -0.2) is 30.9 Å². The second-order valence-corrected chi connectivity index (χ2v) is 6.61. The lowest BCUT2D eigenvalue weighted by molar-refractivity contribution is -0.126. The molecule has 0 radical (unpaired) electrons. The van der Waals surface area contributed by atoms with Gasteiger partial charge in [-0.25, -0.2) is 0 Å². The summed E-state index contributed by atoms with van der Waals surface area (Å²) >= 11 is 0. The predicted molar refractivity (Wildman–Crippen MR) is 90.1 cm³/mol. The third kappa shape index (κ3) is 3.91. The number of amides is 2. The first-order valence-electron chi connectivity index (χ1n) is 8.54. The molecule has 2 aliphatic heterocycles. The van der Waals surface area contributed by atoms with Gasteiger partial charge in [0.2, 0.25) is 11.8 Å². The Hall–Kier alpha value is -1.88. The molecule has 3 rings (SSSR count). The average Bonchev–Trinajstić information content (AvgIpc) is 2.99. The molecule has 2 saturated heterocycles. The summed E-state index contributed by atoms with van der Waals surface area (Å²) in [5, 5.41) is 6.40. The van der Waals surface area contributed by atoms with Crippen LogP contribution in [-0.2, 0) is 16.1 Å². The van der Waals surface area contributed by atoms with Gasteiger partial charge in [0.1, 0.15) is 0 Å². The fourth-order valence-electron chi connectivity index (χ4n) is 3.42. The van der Waals surface area contributed by atoms with E-state index in [2.05, 4.69) is 17.6 Å². The third-order valence-electron chi connectivity index (χ3n) is 4.78. The molecule has 5 heteroatoms. The maximum absolute atomic E-state index is 12.2. The molecule has 0 aliphatic carbocycles. The monoisotopic (exact) mass is 315 g/mol. The molecule has 2 amide bonds. The largest absolute Gasteiger partial charge is 0.352 e. The average molecular weight is 315 g/mol. The molecule has 0 saturated carbocycles. The van der Waals surface area contributed by atoms with Crippen LogP contribution in [0.5, 0.6) is 0 Å². The highest BCUT2D eigenvalue weighted by Gasteiger charge is 2.24. The summed E-state index contributed by atoms with van der Waals surface area (Å²) in [6.07, 6.45) is 3.39. The lowest BCUT2D eigenvalue weighted by Crippen LogP contribution is -2.42. The van der Waals surface area contributed by atoms with Gasteiger partial charge in [-0.3, -0.25) is 9.59 Å². The molecule has 0 bridgehead atoms. The first-order chi connectivity index (χ1) is 11.1. The van der Waals surface area contributed by atoms with E-state index in [1.54, 1.807) is 0 Å². The number of nitrogens with one attached hydrogen (secondary N) is 2. The van der Waals surface area contributed by atoms with Gasteiger partial charge in [0.05, 0.1) is 0 Å². The van der Waals surface area contributed by atoms with Gasteiger partial charge >= 0.3 is 0 Å². The number of carbonyl (C=O) groups is 2. The quantitative estimate of drug-likeness (QED) is 0.891. The number of nitrogens with zero attached hydrogens (tertiary/aromatic N) is 1. The molecule has 2 heterocycles. The summed E-state index contributed by atoms with van der Waals surface area (Å²) in [7, 11) is 0. The van der Waals surface area contributed by atoms with E-state index in [1.165, 1.54) is 0 Å². The molecule has 2 fully saturated rings. The van der Waals surface area contributed by atoms with Crippen molar-refractivity contribution < 1.29 is 9.59 Å². The van der Waals surface area contributed by atoms with Gasteiger partial charge in [-0.15, -0.1) is 0 Å². The van der Waals surface area contributed by atoms with Gasteiger partial charge in [-0.2, -0.15) is 0 Å². The van der Waals surface area contributed by atoms with Crippen molar-refractivity contribution in [2.75, 3.05) is 18.0 Å². The fourth-order valence-corrected chi connectivity index (χ4v) is 3.42. The Morgan fingerprint density at radius 3 is 2.78 bits per heavy atom. The molecule has 0 aromatic heterocycles. The lowest BCUT2D eigenvalue weighted by atomic mass is 9.92. The minimum atomic E-state index is 0.118. The number of rotatable bonds is 4. The van der Waals surface area contributed by atoms with Crippen LogP contribution in [0.1, 0.15) is 38.2 Å². The molecule has 1 aromatic carbocycles. The van der Waals surface area contributed by atoms with Gasteiger partial charge in [-0.1, -0.05) is 12.1 Å². The highest BCUT2D eigenvalue weighted by atomic mass is 16.2. The van der Waals surface area contributed by atoms with Gasteiger partial charge in [0.25, 0.3) is 0 Å². The van der Waals surface area contributed by atoms with Crippen LogP contribution in [0, 0.1) is 5.92 Å². The van der Waals surface area contributed by atoms with Gasteiger partial charge in [0, 0.05) is 37.2 Å². The summed E-state index contributed by atoms with van der Waals surface area (Å²) in [6.45, 7) is 4.39. The fraction of sp³-hybridized carbons (Fsp3) is 0.556. The molecule has 0 spiro atoms. The molecule has 2 atom stereocenters. The molecule has 2 N–H and O–H groups in total. The van der Waals surface area contributed by atoms with E-state index in [9.17, 15) is 9.59 Å². The second-order valence-electron chi connectivity index (χ2n) is 6.61. The summed E-state index contributed by atoms with van der Waals surface area (Å²) < 4.78 is 0. The lowest BCUT2D eigenvalue weighted by Gasteiger charge is -2.27. The smallest absolute Gasteiger partial charge is 0.227 e. The van der Waals surface area contributed by atoms with E-state index in [4.69, 9.17) is 0 Å². The van der Waals surface area contributed by atoms with Crippen molar-refractivity contribution >= 4 is 17.5 Å². The standard InChI is InChI=1S/C18H25N3O2/c1-13-11-15(8-9-19-13)18(23)20-12-14-4-6-16(7-5-14)21-10-2-3-17(21)22/h4-7,13,15,19H,2-3,8-12H2,1H3,(H,20,23)/t13-,15-/m0/s1. The van der Waals surface area contributed by atoms with E-state index in [0.29, 0.717) is 19.0 Å². The molecule has 2 aliphatic rings. The van der Waals surface area contributed by atoms with Crippen molar-refractivity contribution in [3.8, 4) is 0 Å². The highest BCUT2D eigenvalue weighted by molar-refractivity contribution is 5.95. The number of piperidine rings is 1. The van der Waals surface area contributed by atoms with Crippen molar-refractivity contribution in [1.29, 1.82) is 0 Å². The molecule has 0 unspecified atom stereocenters. The summed E-state index contributed by atoms with van der Waals surface area (Å²) in [5.74, 6) is 0.468. The van der Waals surface area contributed by atoms with E-state index in [-0.39, 0.29) is 17.7 Å². The first kappa shape index (κ1) is 16.0. The highest BCUT2D eigenvalue weighted by Crippen LogP contribution is 2.22. The maximum Gasteiger partial charge on any atom is 0.227 e. The minimum absolute atomic E-state index is 0.118. The Morgan fingerprint density at radius 2 is 2.13 bits per heavy atom. The van der Waals surface area contributed by atoms with Crippen molar-refractivity contribution in [2.24, 2.45) is 5.92 Å². The normalized spacial score (nSPS) is 24.7. The molecule has 5 nitrogen and oxygen atoms in total. The van der Waals surface area contributed by atoms with E-state index >= 15 is 0 Å². The van der Waals surface area contributed by atoms with Crippen LogP contribution < -0.4 is 15.5 Å². The van der Waals surface area contributed by atoms with Crippen LogP contribution in [0.15, 0.2) is 24.3 Å². The minimum Gasteiger partial charge on any atom is -0.352 e. The maximum atomic E-state index is 12.2. The van der Waals surface area contributed by atoms with Crippen molar-refractivity contribution in [3.63, 3.8) is 0 Å². The Kier molecular flexibility index (Phi) is 4.96. The summed E-state index contributed by atoms with van der Waals surface area (Å²) in [4.78, 5) is 25.8. The van der Waals surface area contributed by atoms with E-state index < -0.39 is 0 Å². The molecular weight excluding hydrogens is 290 g/mol. The van der Waals surface area contributed by atoms with Crippen LogP contribution in [0.4, 0.5) is 5.69 Å². The van der Waals surface area contributed by atoms with Gasteiger partial charge in [-0.05, 0) is 50.4 Å². The van der Waals surface area contributed by atoms with Crippen molar-refractivity contribution in [3.05, 3.63) is 29.8 Å². The SMILES string of the molecule is C[C@H]1C[C@@H](C(=O)NCc2ccc(N3CCCC3=O)cc2)CCN1. The van der Waals surface area contributed by atoms with E-state index in [0.717, 1.165) is 43.6 Å². The van der Waals surface area contributed by atoms with Crippen LogP contribution in [0.25, 0.3) is 0 Å². The Balaban J connectivity index is 1.52. The topological polar surface area (TPSA) is 61.4 Å². The summed E-state index contributed by atoms with van der Waals surface area (Å²) in [6, 6.07) is 8.34. The zero-order chi connectivity index (χ0) is 16.2. The number of hydrogen-bond donors (Lipinski definition) is 2. The Labute approximate surface area is 137 Å². The number of anilines is 1. The van der Waals surface area contributed by atoms with Crippen molar-refractivity contribution in [1.82, 2.24) is 10.6 Å². The predicted octanol–water partition coefficient (Wildman–Crippen LogP) is 1.82. The number of hydrogen-bond acceptors (Lipinski definition) is 3. The molecule has 23 heavy (non-hydrogen) atoms. The molecule has 124 valence electrons. The van der Waals surface area contributed by atoms with Crippen molar-refractivity contribution in [2.45, 2.75) is 45.2 Å². The van der Waals surface area contributed by atoms with Crippen LogP contribution in [0.3, 0.4) is 0 Å². The zero-order valence-electron chi connectivity index (χ0n) is 13.7. The molecule has 1 aromatic rings. The summed E-state index contributed by atoms with van der Waals surface area (Å²) in [5.41, 5.74) is 2.02.